The monoisotopic (exact) mass is 209 g/mol. The van der Waals surface area contributed by atoms with E-state index in [9.17, 15) is 0 Å². The summed E-state index contributed by atoms with van der Waals surface area (Å²) in [6.07, 6.45) is 0. The fraction of sp³-hybridized carbons (Fsp3) is 0.500. The SMILES string of the molecule is CON(Cc1ccccc1)OC(C)(C)C. The molecule has 1 aromatic carbocycles. The predicted molar refractivity (Wildman–Crippen MR) is 59.8 cm³/mol. The quantitative estimate of drug-likeness (QED) is 0.712. The van der Waals surface area contributed by atoms with Crippen molar-refractivity contribution in [3.63, 3.8) is 0 Å². The molecule has 0 heterocycles. The summed E-state index contributed by atoms with van der Waals surface area (Å²) in [5, 5.41) is 1.50. The Morgan fingerprint density at radius 2 is 1.73 bits per heavy atom. The Labute approximate surface area is 91.5 Å². The van der Waals surface area contributed by atoms with Gasteiger partial charge in [0, 0.05) is 0 Å². The Bertz CT molecular complexity index is 279. The highest BCUT2D eigenvalue weighted by Gasteiger charge is 2.17. The molecule has 0 aromatic heterocycles. The molecule has 0 unspecified atom stereocenters. The molecule has 3 nitrogen and oxygen atoms in total. The highest BCUT2D eigenvalue weighted by atomic mass is 17.0. The molecule has 0 saturated carbocycles. The van der Waals surface area contributed by atoms with Gasteiger partial charge in [-0.25, -0.2) is 0 Å². The number of hydrogen-bond acceptors (Lipinski definition) is 3. The minimum absolute atomic E-state index is 0.245. The van der Waals surface area contributed by atoms with Crippen LogP contribution in [-0.2, 0) is 16.2 Å². The molecular formula is C12H19NO2. The van der Waals surface area contributed by atoms with Gasteiger partial charge in [0.1, 0.15) is 0 Å². The van der Waals surface area contributed by atoms with E-state index < -0.39 is 0 Å². The van der Waals surface area contributed by atoms with E-state index in [2.05, 4.69) is 0 Å². The van der Waals surface area contributed by atoms with Crippen LogP contribution >= 0.6 is 0 Å². The van der Waals surface area contributed by atoms with E-state index in [1.165, 1.54) is 5.23 Å². The van der Waals surface area contributed by atoms with Crippen LogP contribution in [0.15, 0.2) is 30.3 Å². The molecule has 84 valence electrons. The van der Waals surface area contributed by atoms with Crippen LogP contribution in [0.25, 0.3) is 0 Å². The Kier molecular flexibility index (Phi) is 4.27. The summed E-state index contributed by atoms with van der Waals surface area (Å²) in [6.45, 7) is 6.59. The lowest BCUT2D eigenvalue weighted by Gasteiger charge is -2.27. The van der Waals surface area contributed by atoms with Gasteiger partial charge in [0.2, 0.25) is 0 Å². The lowest BCUT2D eigenvalue weighted by atomic mass is 10.2. The Balaban J connectivity index is 2.55. The first kappa shape index (κ1) is 12.2. The van der Waals surface area contributed by atoms with Crippen LogP contribution in [0.3, 0.4) is 0 Å². The van der Waals surface area contributed by atoms with Gasteiger partial charge < -0.3 is 0 Å². The van der Waals surface area contributed by atoms with Crippen LogP contribution in [0.2, 0.25) is 0 Å². The van der Waals surface area contributed by atoms with E-state index in [4.69, 9.17) is 9.68 Å². The molecule has 1 aromatic rings. The smallest absolute Gasteiger partial charge is 0.0842 e. The van der Waals surface area contributed by atoms with Gasteiger partial charge in [-0.15, -0.1) is 0 Å². The number of rotatable bonds is 4. The van der Waals surface area contributed by atoms with E-state index in [1.807, 2.05) is 51.1 Å². The topological polar surface area (TPSA) is 21.7 Å². The average Bonchev–Trinajstić information content (AvgIpc) is 2.16. The van der Waals surface area contributed by atoms with E-state index in [1.54, 1.807) is 7.11 Å². The van der Waals surface area contributed by atoms with Crippen molar-refractivity contribution in [2.24, 2.45) is 0 Å². The van der Waals surface area contributed by atoms with Gasteiger partial charge in [-0.1, -0.05) is 35.6 Å². The second-order valence-corrected chi connectivity index (χ2v) is 4.36. The average molecular weight is 209 g/mol. The van der Waals surface area contributed by atoms with Crippen molar-refractivity contribution in [3.8, 4) is 0 Å². The van der Waals surface area contributed by atoms with Crippen molar-refractivity contribution in [2.75, 3.05) is 7.11 Å². The highest BCUT2D eigenvalue weighted by Crippen LogP contribution is 2.13. The van der Waals surface area contributed by atoms with E-state index in [0.717, 1.165) is 5.56 Å². The second-order valence-electron chi connectivity index (χ2n) is 4.36. The van der Waals surface area contributed by atoms with Gasteiger partial charge in [0.25, 0.3) is 0 Å². The molecule has 0 saturated heterocycles. The van der Waals surface area contributed by atoms with Gasteiger partial charge in [-0.3, -0.25) is 9.68 Å². The molecule has 0 fully saturated rings. The van der Waals surface area contributed by atoms with Crippen LogP contribution in [0, 0.1) is 0 Å². The van der Waals surface area contributed by atoms with E-state index in [-0.39, 0.29) is 5.60 Å². The zero-order valence-electron chi connectivity index (χ0n) is 9.86. The summed E-state index contributed by atoms with van der Waals surface area (Å²) in [5.41, 5.74) is 0.911. The zero-order chi connectivity index (χ0) is 11.3. The maximum Gasteiger partial charge on any atom is 0.0842 e. The molecule has 0 N–H and O–H groups in total. The fourth-order valence-corrected chi connectivity index (χ4v) is 1.17. The third-order valence-electron chi connectivity index (χ3n) is 1.73. The minimum Gasteiger partial charge on any atom is -0.277 e. The molecule has 0 aliphatic rings. The lowest BCUT2D eigenvalue weighted by Crippen LogP contribution is -2.32. The molecule has 0 amide bonds. The zero-order valence-corrected chi connectivity index (χ0v) is 9.86. The van der Waals surface area contributed by atoms with E-state index in [0.29, 0.717) is 6.54 Å². The molecule has 0 bridgehead atoms. The van der Waals surface area contributed by atoms with Crippen molar-refractivity contribution >= 4 is 0 Å². The molecule has 0 aliphatic carbocycles. The van der Waals surface area contributed by atoms with Crippen molar-refractivity contribution in [2.45, 2.75) is 32.9 Å². The summed E-state index contributed by atoms with van der Waals surface area (Å²) >= 11 is 0. The Morgan fingerprint density at radius 3 is 2.20 bits per heavy atom. The normalized spacial score (nSPS) is 12.1. The molecule has 0 atom stereocenters. The number of hydroxylamine groups is 2. The first-order chi connectivity index (χ1) is 7.01. The van der Waals surface area contributed by atoms with Crippen LogP contribution in [0.4, 0.5) is 0 Å². The first-order valence-electron chi connectivity index (χ1n) is 5.06. The Hall–Kier alpha value is -0.900. The van der Waals surface area contributed by atoms with E-state index >= 15 is 0 Å². The van der Waals surface area contributed by atoms with Gasteiger partial charge in [0.05, 0.1) is 19.3 Å². The van der Waals surface area contributed by atoms with Crippen LogP contribution < -0.4 is 0 Å². The van der Waals surface area contributed by atoms with Gasteiger partial charge in [0.15, 0.2) is 0 Å². The maximum absolute atomic E-state index is 5.60. The molecule has 0 aliphatic heterocycles. The maximum atomic E-state index is 5.60. The first-order valence-corrected chi connectivity index (χ1v) is 5.06. The molecule has 3 heteroatoms. The summed E-state index contributed by atoms with van der Waals surface area (Å²) < 4.78 is 0. The van der Waals surface area contributed by atoms with Gasteiger partial charge in [-0.2, -0.15) is 0 Å². The Morgan fingerprint density at radius 1 is 1.13 bits per heavy atom. The standard InChI is InChI=1S/C12H19NO2/c1-12(2,3)15-13(14-4)10-11-8-6-5-7-9-11/h5-9H,10H2,1-4H3. The predicted octanol–water partition coefficient (Wildman–Crippen LogP) is 2.78. The van der Waals surface area contributed by atoms with Crippen molar-refractivity contribution in [1.82, 2.24) is 5.23 Å². The number of nitrogens with zero attached hydrogens (tertiary/aromatic N) is 1. The third kappa shape index (κ3) is 4.93. The molecule has 15 heavy (non-hydrogen) atoms. The van der Waals surface area contributed by atoms with Gasteiger partial charge >= 0.3 is 0 Å². The number of benzene rings is 1. The van der Waals surface area contributed by atoms with Crippen LogP contribution in [-0.4, -0.2) is 17.9 Å². The second kappa shape index (κ2) is 5.26. The molecule has 1 rings (SSSR count). The molecular weight excluding hydrogens is 190 g/mol. The van der Waals surface area contributed by atoms with Crippen molar-refractivity contribution < 1.29 is 9.68 Å². The summed E-state index contributed by atoms with van der Waals surface area (Å²) in [4.78, 5) is 10.7. The van der Waals surface area contributed by atoms with Crippen molar-refractivity contribution in [3.05, 3.63) is 35.9 Å². The summed E-state index contributed by atoms with van der Waals surface area (Å²) in [7, 11) is 1.61. The van der Waals surface area contributed by atoms with Crippen LogP contribution in [0.1, 0.15) is 26.3 Å². The molecule has 0 radical (unpaired) electrons. The highest BCUT2D eigenvalue weighted by molar-refractivity contribution is 5.13. The fourth-order valence-electron chi connectivity index (χ4n) is 1.17. The summed E-state index contributed by atoms with van der Waals surface area (Å²) in [5.74, 6) is 0. The lowest BCUT2D eigenvalue weighted by molar-refractivity contribution is -0.397. The number of hydrogen-bond donors (Lipinski definition) is 0. The van der Waals surface area contributed by atoms with Crippen molar-refractivity contribution in [1.29, 1.82) is 0 Å². The molecule has 0 spiro atoms. The van der Waals surface area contributed by atoms with Gasteiger partial charge in [-0.05, 0) is 26.3 Å². The largest absolute Gasteiger partial charge is 0.277 e. The summed E-state index contributed by atoms with van der Waals surface area (Å²) in [6, 6.07) is 10.1. The third-order valence-corrected chi connectivity index (χ3v) is 1.73. The van der Waals surface area contributed by atoms with Crippen LogP contribution in [0.5, 0.6) is 0 Å². The minimum atomic E-state index is -0.245.